The molecule has 0 bridgehead atoms. The minimum absolute atomic E-state index is 0.00515. The number of rotatable bonds is 3. The molecule has 0 saturated carbocycles. The van der Waals surface area contributed by atoms with Crippen LogP contribution in [-0.2, 0) is 10.2 Å². The Labute approximate surface area is 174 Å². The molecule has 3 aromatic rings. The fourth-order valence-corrected chi connectivity index (χ4v) is 4.18. The molecular formula is C21H16F3N3O2S. The monoisotopic (exact) mass is 431 g/mol. The highest BCUT2D eigenvalue weighted by atomic mass is 32.1. The molecule has 0 spiro atoms. The number of amides is 2. The lowest BCUT2D eigenvalue weighted by Crippen LogP contribution is -2.33. The summed E-state index contributed by atoms with van der Waals surface area (Å²) in [4.78, 5) is 30.6. The summed E-state index contributed by atoms with van der Waals surface area (Å²) in [7, 11) is 1.73. The maximum Gasteiger partial charge on any atom is 0.260 e. The molecule has 5 nitrogen and oxygen atoms in total. The van der Waals surface area contributed by atoms with E-state index < -0.39 is 34.3 Å². The van der Waals surface area contributed by atoms with E-state index in [2.05, 4.69) is 10.3 Å². The molecule has 4 rings (SSSR count). The number of nitrogens with one attached hydrogen (secondary N) is 1. The maximum absolute atomic E-state index is 13.8. The van der Waals surface area contributed by atoms with Gasteiger partial charge in [0.05, 0.1) is 16.7 Å². The van der Waals surface area contributed by atoms with Crippen molar-refractivity contribution in [2.24, 2.45) is 0 Å². The minimum Gasteiger partial charge on any atom is -0.314 e. The van der Waals surface area contributed by atoms with Crippen LogP contribution in [0.15, 0.2) is 35.7 Å². The van der Waals surface area contributed by atoms with Gasteiger partial charge in [-0.05, 0) is 43.7 Å². The van der Waals surface area contributed by atoms with Gasteiger partial charge in [0.15, 0.2) is 22.6 Å². The first-order valence-electron chi connectivity index (χ1n) is 8.94. The first-order chi connectivity index (χ1) is 14.1. The van der Waals surface area contributed by atoms with Gasteiger partial charge in [0.25, 0.3) is 5.91 Å². The van der Waals surface area contributed by atoms with Crippen molar-refractivity contribution in [3.8, 4) is 11.3 Å². The zero-order valence-corrected chi connectivity index (χ0v) is 17.0. The molecule has 0 radical (unpaired) electrons. The number of hydrogen-bond donors (Lipinski definition) is 1. The molecule has 9 heteroatoms. The van der Waals surface area contributed by atoms with Gasteiger partial charge < -0.3 is 4.90 Å². The predicted octanol–water partition coefficient (Wildman–Crippen LogP) is 4.73. The number of nitrogens with zero attached hydrogens (tertiary/aromatic N) is 2. The number of fused-ring (bicyclic) bond motifs is 1. The Morgan fingerprint density at radius 2 is 1.87 bits per heavy atom. The van der Waals surface area contributed by atoms with Gasteiger partial charge in [-0.15, -0.1) is 11.3 Å². The first kappa shape index (κ1) is 20.1. The van der Waals surface area contributed by atoms with Crippen molar-refractivity contribution in [3.05, 3.63) is 64.3 Å². The summed E-state index contributed by atoms with van der Waals surface area (Å²) in [5.74, 6) is -5.57. The third-order valence-electron chi connectivity index (χ3n) is 5.17. The molecule has 2 heterocycles. The summed E-state index contributed by atoms with van der Waals surface area (Å²) in [5, 5.41) is 4.27. The number of thiazole rings is 1. The van der Waals surface area contributed by atoms with Gasteiger partial charge in [0, 0.05) is 23.7 Å². The van der Waals surface area contributed by atoms with Crippen LogP contribution in [0.4, 0.5) is 24.0 Å². The third-order valence-corrected chi connectivity index (χ3v) is 5.93. The Hall–Kier alpha value is -3.20. The van der Waals surface area contributed by atoms with Crippen LogP contribution in [-0.4, -0.2) is 23.8 Å². The highest BCUT2D eigenvalue weighted by Crippen LogP contribution is 2.42. The van der Waals surface area contributed by atoms with Crippen molar-refractivity contribution in [1.29, 1.82) is 0 Å². The molecule has 0 aliphatic carbocycles. The molecule has 2 aromatic carbocycles. The van der Waals surface area contributed by atoms with Crippen molar-refractivity contribution in [3.63, 3.8) is 0 Å². The van der Waals surface area contributed by atoms with E-state index in [1.54, 1.807) is 17.3 Å². The Bertz CT molecular complexity index is 1210. The molecule has 154 valence electrons. The predicted molar refractivity (Wildman–Crippen MR) is 108 cm³/mol. The smallest absolute Gasteiger partial charge is 0.260 e. The van der Waals surface area contributed by atoms with Gasteiger partial charge in [0.1, 0.15) is 0 Å². The average molecular weight is 431 g/mol. The number of carbonyl (C=O) groups is 2. The van der Waals surface area contributed by atoms with Crippen LogP contribution >= 0.6 is 11.3 Å². The average Bonchev–Trinajstić information content (AvgIpc) is 3.24. The lowest BCUT2D eigenvalue weighted by Gasteiger charge is -2.16. The molecular weight excluding hydrogens is 415 g/mol. The third kappa shape index (κ3) is 3.06. The standard InChI is InChI=1S/C21H16F3N3O2S/c1-21(2)12-8-10(4-7-15(12)27(3)19(21)29)14-9-30-20(25-14)26-18(28)11-5-6-13(22)17(24)16(11)23/h4-9H,1-3H3,(H,25,26,28). The zero-order chi connectivity index (χ0) is 21.8. The van der Waals surface area contributed by atoms with E-state index in [4.69, 9.17) is 0 Å². The summed E-state index contributed by atoms with van der Waals surface area (Å²) in [6, 6.07) is 7.09. The van der Waals surface area contributed by atoms with Gasteiger partial charge in [-0.25, -0.2) is 18.2 Å². The normalized spacial score (nSPS) is 14.7. The number of halogens is 3. The van der Waals surface area contributed by atoms with E-state index in [0.29, 0.717) is 11.8 Å². The summed E-state index contributed by atoms with van der Waals surface area (Å²) in [6.45, 7) is 3.70. The highest BCUT2D eigenvalue weighted by Gasteiger charge is 2.42. The SMILES string of the molecule is CN1C(=O)C(C)(C)c2cc(-c3csc(NC(=O)c4ccc(F)c(F)c4F)n3)ccc21. The molecule has 0 fully saturated rings. The van der Waals surface area contributed by atoms with Gasteiger partial charge in [0.2, 0.25) is 5.91 Å². The van der Waals surface area contributed by atoms with E-state index >= 15 is 0 Å². The summed E-state index contributed by atoms with van der Waals surface area (Å²) in [5.41, 5.74) is 1.72. The Kier molecular flexibility index (Phi) is 4.65. The number of benzene rings is 2. The highest BCUT2D eigenvalue weighted by molar-refractivity contribution is 7.14. The quantitative estimate of drug-likeness (QED) is 0.610. The topological polar surface area (TPSA) is 62.3 Å². The largest absolute Gasteiger partial charge is 0.314 e. The van der Waals surface area contributed by atoms with Crippen molar-refractivity contribution in [1.82, 2.24) is 4.98 Å². The van der Waals surface area contributed by atoms with Crippen LogP contribution in [0.2, 0.25) is 0 Å². The number of aromatic nitrogens is 1. The Morgan fingerprint density at radius 3 is 2.60 bits per heavy atom. The number of hydrogen-bond acceptors (Lipinski definition) is 4. The van der Waals surface area contributed by atoms with Crippen molar-refractivity contribution >= 4 is 34.0 Å². The molecule has 1 aromatic heterocycles. The Morgan fingerprint density at radius 1 is 1.13 bits per heavy atom. The summed E-state index contributed by atoms with van der Waals surface area (Å²) >= 11 is 1.10. The second-order valence-corrected chi connectivity index (χ2v) is 8.29. The van der Waals surface area contributed by atoms with E-state index in [1.165, 1.54) is 0 Å². The lowest BCUT2D eigenvalue weighted by molar-refractivity contribution is -0.121. The van der Waals surface area contributed by atoms with Crippen molar-refractivity contribution < 1.29 is 22.8 Å². The van der Waals surface area contributed by atoms with Crippen LogP contribution in [0.5, 0.6) is 0 Å². The Balaban J connectivity index is 1.60. The van der Waals surface area contributed by atoms with Gasteiger partial charge in [-0.1, -0.05) is 6.07 Å². The molecule has 1 N–H and O–H groups in total. The molecule has 30 heavy (non-hydrogen) atoms. The molecule has 0 atom stereocenters. The van der Waals surface area contributed by atoms with Crippen LogP contribution in [0, 0.1) is 17.5 Å². The van der Waals surface area contributed by atoms with Crippen LogP contribution in [0.3, 0.4) is 0 Å². The molecule has 0 saturated heterocycles. The van der Waals surface area contributed by atoms with Crippen molar-refractivity contribution in [2.45, 2.75) is 19.3 Å². The van der Waals surface area contributed by atoms with E-state index in [9.17, 15) is 22.8 Å². The summed E-state index contributed by atoms with van der Waals surface area (Å²) in [6.07, 6.45) is 0. The van der Waals surface area contributed by atoms with E-state index in [1.807, 2.05) is 32.0 Å². The zero-order valence-electron chi connectivity index (χ0n) is 16.2. The van der Waals surface area contributed by atoms with Crippen molar-refractivity contribution in [2.75, 3.05) is 17.3 Å². The molecule has 1 aliphatic heterocycles. The van der Waals surface area contributed by atoms with E-state index in [0.717, 1.165) is 34.2 Å². The van der Waals surface area contributed by atoms with Crippen LogP contribution in [0.25, 0.3) is 11.3 Å². The van der Waals surface area contributed by atoms with Gasteiger partial charge in [-0.2, -0.15) is 0 Å². The molecule has 2 amide bonds. The molecule has 1 aliphatic rings. The van der Waals surface area contributed by atoms with Gasteiger partial charge in [-0.3, -0.25) is 14.9 Å². The second-order valence-electron chi connectivity index (χ2n) is 7.44. The lowest BCUT2D eigenvalue weighted by atomic mass is 9.85. The summed E-state index contributed by atoms with van der Waals surface area (Å²) < 4.78 is 40.3. The second kappa shape index (κ2) is 6.94. The number of carbonyl (C=O) groups excluding carboxylic acids is 2. The first-order valence-corrected chi connectivity index (χ1v) is 9.82. The van der Waals surface area contributed by atoms with Crippen LogP contribution < -0.4 is 10.2 Å². The maximum atomic E-state index is 13.8. The molecule has 0 unspecified atom stereocenters. The number of likely N-dealkylation sites (N-methyl/N-ethyl adjacent to an activating group) is 1. The minimum atomic E-state index is -1.71. The number of anilines is 2. The fraction of sp³-hybridized carbons (Fsp3) is 0.190. The van der Waals surface area contributed by atoms with E-state index in [-0.39, 0.29) is 11.0 Å². The fourth-order valence-electron chi connectivity index (χ4n) is 3.46. The van der Waals surface area contributed by atoms with Crippen LogP contribution in [0.1, 0.15) is 29.8 Å². The van der Waals surface area contributed by atoms with Gasteiger partial charge >= 0.3 is 0 Å².